The van der Waals surface area contributed by atoms with E-state index in [1.165, 1.54) is 12.1 Å². The Bertz CT molecular complexity index is 948. The van der Waals surface area contributed by atoms with E-state index in [9.17, 15) is 8.42 Å². The van der Waals surface area contributed by atoms with Gasteiger partial charge in [-0.1, -0.05) is 15.9 Å². The molecular formula is C14H11BrN2O3S. The van der Waals surface area contributed by atoms with Crippen molar-refractivity contribution < 1.29 is 12.8 Å². The molecule has 0 aliphatic rings. The van der Waals surface area contributed by atoms with Crippen LogP contribution >= 0.6 is 15.9 Å². The minimum atomic E-state index is -3.28. The summed E-state index contributed by atoms with van der Waals surface area (Å²) in [7, 11) is -3.28. The van der Waals surface area contributed by atoms with Crippen LogP contribution in [-0.2, 0) is 9.84 Å². The van der Waals surface area contributed by atoms with Crippen molar-refractivity contribution in [1.82, 2.24) is 4.98 Å². The Morgan fingerprint density at radius 3 is 2.62 bits per heavy atom. The maximum Gasteiger partial charge on any atom is 0.229 e. The maximum atomic E-state index is 11.6. The highest BCUT2D eigenvalue weighted by molar-refractivity contribution is 9.10. The number of fused-ring (bicyclic) bond motifs is 1. The molecule has 2 aromatic carbocycles. The summed E-state index contributed by atoms with van der Waals surface area (Å²) < 4.78 is 29.6. The fraction of sp³-hybridized carbons (Fsp3) is 0.0714. The van der Waals surface area contributed by atoms with Crippen molar-refractivity contribution in [3.05, 3.63) is 40.9 Å². The van der Waals surface area contributed by atoms with Crippen LogP contribution in [0.4, 0.5) is 5.69 Å². The van der Waals surface area contributed by atoms with Crippen LogP contribution in [0.3, 0.4) is 0 Å². The zero-order chi connectivity index (χ0) is 15.2. The quantitative estimate of drug-likeness (QED) is 0.703. The topological polar surface area (TPSA) is 86.2 Å². The van der Waals surface area contributed by atoms with Crippen molar-refractivity contribution >= 4 is 42.6 Å². The SMILES string of the molecule is CS(=O)(=O)c1ccc2oc(-c3ccc(Br)cc3N)nc2c1. The van der Waals surface area contributed by atoms with Crippen LogP contribution in [-0.4, -0.2) is 19.7 Å². The second-order valence-electron chi connectivity index (χ2n) is 4.65. The molecule has 1 aromatic heterocycles. The van der Waals surface area contributed by atoms with Gasteiger partial charge in [-0.3, -0.25) is 0 Å². The Morgan fingerprint density at radius 2 is 1.95 bits per heavy atom. The van der Waals surface area contributed by atoms with E-state index >= 15 is 0 Å². The molecule has 0 bridgehead atoms. The highest BCUT2D eigenvalue weighted by Crippen LogP contribution is 2.31. The number of anilines is 1. The molecule has 0 amide bonds. The van der Waals surface area contributed by atoms with Crippen molar-refractivity contribution in [1.29, 1.82) is 0 Å². The Morgan fingerprint density at radius 1 is 1.19 bits per heavy atom. The van der Waals surface area contributed by atoms with Crippen molar-refractivity contribution in [3.63, 3.8) is 0 Å². The van der Waals surface area contributed by atoms with Gasteiger partial charge in [0, 0.05) is 16.4 Å². The molecule has 2 N–H and O–H groups in total. The fourth-order valence-electron chi connectivity index (χ4n) is 1.98. The standard InChI is InChI=1S/C14H11BrN2O3S/c1-21(18,19)9-3-5-13-12(7-9)17-14(20-13)10-4-2-8(15)6-11(10)16/h2-7H,16H2,1H3. The van der Waals surface area contributed by atoms with Gasteiger partial charge >= 0.3 is 0 Å². The van der Waals surface area contributed by atoms with E-state index in [0.717, 1.165) is 10.7 Å². The molecule has 0 saturated carbocycles. The molecular weight excluding hydrogens is 356 g/mol. The van der Waals surface area contributed by atoms with E-state index in [0.29, 0.717) is 28.2 Å². The molecule has 0 saturated heterocycles. The summed E-state index contributed by atoms with van der Waals surface area (Å²) in [4.78, 5) is 4.53. The van der Waals surface area contributed by atoms with Gasteiger partial charge in [0.05, 0.1) is 10.5 Å². The predicted molar refractivity (Wildman–Crippen MR) is 84.7 cm³/mol. The van der Waals surface area contributed by atoms with E-state index < -0.39 is 9.84 Å². The third kappa shape index (κ3) is 2.66. The average Bonchev–Trinajstić information content (AvgIpc) is 2.79. The first-order valence-corrected chi connectivity index (χ1v) is 8.69. The Kier molecular flexibility index (Phi) is 3.26. The summed E-state index contributed by atoms with van der Waals surface area (Å²) in [6.07, 6.45) is 1.15. The smallest absolute Gasteiger partial charge is 0.229 e. The van der Waals surface area contributed by atoms with E-state index in [4.69, 9.17) is 10.2 Å². The number of oxazole rings is 1. The van der Waals surface area contributed by atoms with Crippen LogP contribution in [0.1, 0.15) is 0 Å². The number of hydrogen-bond acceptors (Lipinski definition) is 5. The molecule has 0 atom stereocenters. The van der Waals surface area contributed by atoms with E-state index in [2.05, 4.69) is 20.9 Å². The lowest BCUT2D eigenvalue weighted by Gasteiger charge is -2.00. The molecule has 108 valence electrons. The number of rotatable bonds is 2. The van der Waals surface area contributed by atoms with Crippen molar-refractivity contribution in [3.8, 4) is 11.5 Å². The zero-order valence-corrected chi connectivity index (χ0v) is 13.4. The number of nitrogens with two attached hydrogens (primary N) is 1. The van der Waals surface area contributed by atoms with Gasteiger partial charge in [-0.25, -0.2) is 13.4 Å². The molecule has 21 heavy (non-hydrogen) atoms. The lowest BCUT2D eigenvalue weighted by Crippen LogP contribution is -1.96. The molecule has 0 spiro atoms. The normalized spacial score (nSPS) is 11.9. The maximum absolute atomic E-state index is 11.6. The van der Waals surface area contributed by atoms with Gasteiger partial charge in [0.2, 0.25) is 5.89 Å². The van der Waals surface area contributed by atoms with E-state index in [-0.39, 0.29) is 4.90 Å². The van der Waals surface area contributed by atoms with Gasteiger partial charge in [0.25, 0.3) is 0 Å². The summed E-state index contributed by atoms with van der Waals surface area (Å²) in [5.41, 5.74) is 8.13. The molecule has 0 aliphatic carbocycles. The summed E-state index contributed by atoms with van der Waals surface area (Å²) in [6, 6.07) is 9.97. The van der Waals surface area contributed by atoms with Crippen molar-refractivity contribution in [2.24, 2.45) is 0 Å². The number of benzene rings is 2. The van der Waals surface area contributed by atoms with E-state index in [1.54, 1.807) is 18.2 Å². The van der Waals surface area contributed by atoms with E-state index in [1.807, 2.05) is 6.07 Å². The van der Waals surface area contributed by atoms with Crippen LogP contribution in [0.2, 0.25) is 0 Å². The summed E-state index contributed by atoms with van der Waals surface area (Å²) in [5.74, 6) is 0.362. The molecule has 0 radical (unpaired) electrons. The third-order valence-electron chi connectivity index (χ3n) is 3.03. The summed E-state index contributed by atoms with van der Waals surface area (Å²) in [6.45, 7) is 0. The van der Waals surface area contributed by atoms with Gasteiger partial charge in [-0.05, 0) is 36.4 Å². The average molecular weight is 367 g/mol. The third-order valence-corrected chi connectivity index (χ3v) is 4.63. The minimum Gasteiger partial charge on any atom is -0.436 e. The van der Waals surface area contributed by atoms with Crippen LogP contribution in [0.25, 0.3) is 22.6 Å². The second-order valence-corrected chi connectivity index (χ2v) is 7.58. The molecule has 3 aromatic rings. The highest BCUT2D eigenvalue weighted by atomic mass is 79.9. The number of nitrogen functional groups attached to an aromatic ring is 1. The molecule has 1 heterocycles. The van der Waals surface area contributed by atoms with Gasteiger partial charge < -0.3 is 10.2 Å². The Balaban J connectivity index is 2.17. The largest absolute Gasteiger partial charge is 0.436 e. The fourth-order valence-corrected chi connectivity index (χ4v) is 3.00. The van der Waals surface area contributed by atoms with Crippen molar-refractivity contribution in [2.75, 3.05) is 12.0 Å². The number of aromatic nitrogens is 1. The second kappa shape index (κ2) is 4.85. The minimum absolute atomic E-state index is 0.207. The first kappa shape index (κ1) is 14.1. The summed E-state index contributed by atoms with van der Waals surface area (Å²) >= 11 is 3.34. The van der Waals surface area contributed by atoms with Crippen molar-refractivity contribution in [2.45, 2.75) is 4.90 Å². The number of nitrogens with zero attached hydrogens (tertiary/aromatic N) is 1. The summed E-state index contributed by atoms with van der Waals surface area (Å²) in [5, 5.41) is 0. The molecule has 7 heteroatoms. The van der Waals surface area contributed by atoms with Crippen LogP contribution in [0, 0.1) is 0 Å². The van der Waals surface area contributed by atoms with Crippen LogP contribution < -0.4 is 5.73 Å². The predicted octanol–water partition coefficient (Wildman–Crippen LogP) is 3.24. The lowest BCUT2D eigenvalue weighted by molar-refractivity contribution is 0.602. The zero-order valence-electron chi connectivity index (χ0n) is 11.0. The first-order valence-electron chi connectivity index (χ1n) is 6.00. The molecule has 0 unspecified atom stereocenters. The van der Waals surface area contributed by atoms with Crippen LogP contribution in [0.15, 0.2) is 50.2 Å². The van der Waals surface area contributed by atoms with Crippen LogP contribution in [0.5, 0.6) is 0 Å². The Labute approximate surface area is 129 Å². The van der Waals surface area contributed by atoms with Gasteiger partial charge in [-0.2, -0.15) is 0 Å². The highest BCUT2D eigenvalue weighted by Gasteiger charge is 2.14. The lowest BCUT2D eigenvalue weighted by atomic mass is 10.2. The van der Waals surface area contributed by atoms with Gasteiger partial charge in [0.1, 0.15) is 5.52 Å². The molecule has 0 fully saturated rings. The number of sulfone groups is 1. The molecule has 5 nitrogen and oxygen atoms in total. The molecule has 3 rings (SSSR count). The first-order chi connectivity index (χ1) is 9.84. The Hall–Kier alpha value is -1.86. The van der Waals surface area contributed by atoms with Gasteiger partial charge in [0.15, 0.2) is 15.4 Å². The number of hydrogen-bond donors (Lipinski definition) is 1. The number of halogens is 1. The molecule has 0 aliphatic heterocycles. The van der Waals surface area contributed by atoms with Gasteiger partial charge in [-0.15, -0.1) is 0 Å². The monoisotopic (exact) mass is 366 g/mol.